The monoisotopic (exact) mass is 339 g/mol. The maximum absolute atomic E-state index is 12.1. The van der Waals surface area contributed by atoms with Crippen LogP contribution in [0.2, 0.25) is 0 Å². The number of amides is 2. The number of hydrogen-bond donors (Lipinski definition) is 3. The molecule has 2 rings (SSSR count). The van der Waals surface area contributed by atoms with E-state index >= 15 is 0 Å². The fraction of sp³-hybridized carbons (Fsp3) is 0.211. The second-order valence-corrected chi connectivity index (χ2v) is 5.75. The van der Waals surface area contributed by atoms with Gasteiger partial charge in [-0.1, -0.05) is 18.2 Å². The Morgan fingerprint density at radius 3 is 2.36 bits per heavy atom. The Balaban J connectivity index is 1.97. The van der Waals surface area contributed by atoms with Gasteiger partial charge in [0.1, 0.15) is 0 Å². The van der Waals surface area contributed by atoms with Gasteiger partial charge in [-0.05, 0) is 43.7 Å². The van der Waals surface area contributed by atoms with E-state index in [2.05, 4.69) is 16.0 Å². The number of benzene rings is 2. The number of carbonyl (C=O) groups is 3. The minimum Gasteiger partial charge on any atom is -0.376 e. The smallest absolute Gasteiger partial charge is 0.243 e. The molecule has 0 saturated carbocycles. The summed E-state index contributed by atoms with van der Waals surface area (Å²) >= 11 is 0. The molecule has 2 aromatic carbocycles. The van der Waals surface area contributed by atoms with Crippen LogP contribution in [0.1, 0.15) is 29.8 Å². The Labute approximate surface area is 146 Å². The molecule has 2 amide bonds. The van der Waals surface area contributed by atoms with E-state index in [0.29, 0.717) is 16.9 Å². The molecule has 0 aliphatic carbocycles. The van der Waals surface area contributed by atoms with Crippen molar-refractivity contribution in [1.29, 1.82) is 0 Å². The lowest BCUT2D eigenvalue weighted by Gasteiger charge is -2.12. The molecule has 0 spiro atoms. The number of nitrogens with one attached hydrogen (secondary N) is 3. The van der Waals surface area contributed by atoms with E-state index in [1.165, 1.54) is 13.8 Å². The fourth-order valence-electron chi connectivity index (χ4n) is 2.26. The van der Waals surface area contributed by atoms with Crippen molar-refractivity contribution >= 4 is 34.7 Å². The first-order valence-corrected chi connectivity index (χ1v) is 7.88. The van der Waals surface area contributed by atoms with Crippen molar-refractivity contribution in [3.05, 3.63) is 53.6 Å². The van der Waals surface area contributed by atoms with E-state index < -0.39 is 0 Å². The van der Waals surface area contributed by atoms with Crippen molar-refractivity contribution in [2.75, 3.05) is 22.5 Å². The second-order valence-electron chi connectivity index (χ2n) is 5.75. The first-order valence-electron chi connectivity index (χ1n) is 7.88. The molecule has 130 valence electrons. The van der Waals surface area contributed by atoms with Gasteiger partial charge < -0.3 is 16.0 Å². The van der Waals surface area contributed by atoms with Gasteiger partial charge in [0.2, 0.25) is 11.8 Å². The van der Waals surface area contributed by atoms with Crippen LogP contribution in [0.3, 0.4) is 0 Å². The molecule has 2 aromatic rings. The van der Waals surface area contributed by atoms with Gasteiger partial charge in [-0.25, -0.2) is 0 Å². The molecular weight excluding hydrogens is 318 g/mol. The van der Waals surface area contributed by atoms with Gasteiger partial charge in [0, 0.05) is 29.5 Å². The lowest BCUT2D eigenvalue weighted by Crippen LogP contribution is -2.22. The number of rotatable bonds is 6. The summed E-state index contributed by atoms with van der Waals surface area (Å²) in [4.78, 5) is 34.6. The third-order valence-corrected chi connectivity index (χ3v) is 3.55. The van der Waals surface area contributed by atoms with Gasteiger partial charge in [0.15, 0.2) is 5.78 Å². The van der Waals surface area contributed by atoms with Gasteiger partial charge >= 0.3 is 0 Å². The second kappa shape index (κ2) is 8.10. The van der Waals surface area contributed by atoms with Crippen LogP contribution in [-0.2, 0) is 9.59 Å². The van der Waals surface area contributed by atoms with E-state index in [0.717, 1.165) is 11.3 Å². The van der Waals surface area contributed by atoms with Crippen molar-refractivity contribution in [2.45, 2.75) is 20.8 Å². The highest BCUT2D eigenvalue weighted by molar-refractivity contribution is 5.98. The van der Waals surface area contributed by atoms with Crippen molar-refractivity contribution in [3.8, 4) is 0 Å². The highest BCUT2D eigenvalue weighted by atomic mass is 16.2. The highest BCUT2D eigenvalue weighted by Gasteiger charge is 2.06. The molecule has 0 heterocycles. The highest BCUT2D eigenvalue weighted by Crippen LogP contribution is 2.20. The predicted molar refractivity (Wildman–Crippen MR) is 99.0 cm³/mol. The molecule has 0 aliphatic rings. The molecule has 0 aliphatic heterocycles. The van der Waals surface area contributed by atoms with Crippen LogP contribution in [0.5, 0.6) is 0 Å². The van der Waals surface area contributed by atoms with Gasteiger partial charge in [-0.15, -0.1) is 0 Å². The molecule has 0 bridgehead atoms. The number of aryl methyl sites for hydroxylation is 1. The maximum Gasteiger partial charge on any atom is 0.243 e. The molecule has 0 atom stereocenters. The summed E-state index contributed by atoms with van der Waals surface area (Å²) in [5.41, 5.74) is 3.48. The molecule has 6 heteroatoms. The third kappa shape index (κ3) is 5.46. The molecular formula is C19H21N3O3. The number of Topliss-reactive ketones (excluding diaryl/α,β-unsaturated/α-hetero) is 1. The van der Waals surface area contributed by atoms with E-state index in [1.807, 2.05) is 19.1 Å². The number of anilines is 3. The zero-order valence-corrected chi connectivity index (χ0v) is 14.5. The average molecular weight is 339 g/mol. The maximum atomic E-state index is 12.1. The van der Waals surface area contributed by atoms with Crippen LogP contribution in [0.25, 0.3) is 0 Å². The standard InChI is InChI=1S/C19H21N3O3/c1-12-7-8-16(10-18(12)21-14(3)24)20-11-19(25)22-17-6-4-5-15(9-17)13(2)23/h4-10,20H,11H2,1-3H3,(H,21,24)(H,22,25). The van der Waals surface area contributed by atoms with E-state index in [4.69, 9.17) is 0 Å². The largest absolute Gasteiger partial charge is 0.376 e. The molecule has 0 saturated heterocycles. The van der Waals surface area contributed by atoms with Crippen LogP contribution in [0.4, 0.5) is 17.1 Å². The summed E-state index contributed by atoms with van der Waals surface area (Å²) in [6, 6.07) is 12.3. The molecule has 0 unspecified atom stereocenters. The zero-order valence-electron chi connectivity index (χ0n) is 14.5. The molecule has 6 nitrogen and oxygen atoms in total. The van der Waals surface area contributed by atoms with Crippen LogP contribution in [0.15, 0.2) is 42.5 Å². The summed E-state index contributed by atoms with van der Waals surface area (Å²) in [5.74, 6) is -0.440. The van der Waals surface area contributed by atoms with Gasteiger partial charge in [0.05, 0.1) is 6.54 Å². The number of hydrogen-bond acceptors (Lipinski definition) is 4. The van der Waals surface area contributed by atoms with E-state index in [1.54, 1.807) is 30.3 Å². The summed E-state index contributed by atoms with van der Waals surface area (Å²) in [6.07, 6.45) is 0. The predicted octanol–water partition coefficient (Wildman–Crippen LogP) is 3.21. The molecule has 0 aromatic heterocycles. The third-order valence-electron chi connectivity index (χ3n) is 3.55. The van der Waals surface area contributed by atoms with Crippen molar-refractivity contribution in [2.24, 2.45) is 0 Å². The molecule has 0 radical (unpaired) electrons. The van der Waals surface area contributed by atoms with Gasteiger partial charge in [-0.2, -0.15) is 0 Å². The van der Waals surface area contributed by atoms with Crippen molar-refractivity contribution in [3.63, 3.8) is 0 Å². The average Bonchev–Trinajstić information content (AvgIpc) is 2.55. The topological polar surface area (TPSA) is 87.3 Å². The van der Waals surface area contributed by atoms with E-state index in [-0.39, 0.29) is 24.1 Å². The Bertz CT molecular complexity index is 815. The van der Waals surface area contributed by atoms with Crippen LogP contribution >= 0.6 is 0 Å². The molecule has 0 fully saturated rings. The molecule has 3 N–H and O–H groups in total. The normalized spacial score (nSPS) is 10.0. The van der Waals surface area contributed by atoms with Gasteiger partial charge in [-0.3, -0.25) is 14.4 Å². The Morgan fingerprint density at radius 2 is 1.68 bits per heavy atom. The van der Waals surface area contributed by atoms with Crippen LogP contribution in [0, 0.1) is 6.92 Å². The Kier molecular flexibility index (Phi) is 5.89. The number of carbonyl (C=O) groups excluding carboxylic acids is 3. The Hall–Kier alpha value is -3.15. The molecule has 25 heavy (non-hydrogen) atoms. The first-order chi connectivity index (χ1) is 11.8. The summed E-state index contributed by atoms with van der Waals surface area (Å²) in [6.45, 7) is 4.88. The number of ketones is 1. The minimum absolute atomic E-state index is 0.0561. The Morgan fingerprint density at radius 1 is 0.920 bits per heavy atom. The van der Waals surface area contributed by atoms with Crippen LogP contribution < -0.4 is 16.0 Å². The summed E-state index contributed by atoms with van der Waals surface area (Å²) in [7, 11) is 0. The first kappa shape index (κ1) is 18.2. The summed E-state index contributed by atoms with van der Waals surface area (Å²) in [5, 5.41) is 8.50. The lowest BCUT2D eigenvalue weighted by atomic mass is 10.1. The van der Waals surface area contributed by atoms with Crippen LogP contribution in [-0.4, -0.2) is 24.1 Å². The summed E-state index contributed by atoms with van der Waals surface area (Å²) < 4.78 is 0. The quantitative estimate of drug-likeness (QED) is 0.705. The van der Waals surface area contributed by atoms with Gasteiger partial charge in [0.25, 0.3) is 0 Å². The SMILES string of the molecule is CC(=O)Nc1cc(NCC(=O)Nc2cccc(C(C)=O)c2)ccc1C. The zero-order chi connectivity index (χ0) is 18.4. The fourth-order valence-corrected chi connectivity index (χ4v) is 2.26. The van der Waals surface area contributed by atoms with E-state index in [9.17, 15) is 14.4 Å². The van der Waals surface area contributed by atoms with Crippen molar-refractivity contribution < 1.29 is 14.4 Å². The van der Waals surface area contributed by atoms with Crippen molar-refractivity contribution in [1.82, 2.24) is 0 Å². The lowest BCUT2D eigenvalue weighted by molar-refractivity contribution is -0.115. The minimum atomic E-state index is -0.234.